The molecule has 0 radical (unpaired) electrons. The summed E-state index contributed by atoms with van der Waals surface area (Å²) in [5.41, 5.74) is 1.40. The van der Waals surface area contributed by atoms with E-state index < -0.39 is 0 Å². The van der Waals surface area contributed by atoms with Crippen molar-refractivity contribution in [2.45, 2.75) is 18.8 Å². The van der Waals surface area contributed by atoms with E-state index in [0.717, 1.165) is 42.0 Å². The molecule has 0 amide bonds. The zero-order chi connectivity index (χ0) is 16.1. The van der Waals surface area contributed by atoms with E-state index in [-0.39, 0.29) is 0 Å². The van der Waals surface area contributed by atoms with E-state index in [0.29, 0.717) is 18.4 Å². The molecule has 3 nitrogen and oxygen atoms in total. The monoisotopic (exact) mass is 394 g/mol. The number of piperidine rings is 1. The van der Waals surface area contributed by atoms with Crippen LogP contribution in [0.5, 0.6) is 5.75 Å². The molecule has 0 N–H and O–H groups in total. The van der Waals surface area contributed by atoms with Crippen molar-refractivity contribution < 1.29 is 4.74 Å². The number of ether oxygens (including phenoxy) is 1. The second kappa shape index (κ2) is 8.02. The molecule has 1 aromatic heterocycles. The summed E-state index contributed by atoms with van der Waals surface area (Å²) in [5.74, 6) is 3.09. The number of benzene rings is 1. The molecule has 3 rings (SSSR count). The number of nitrogens with zero attached hydrogens (tertiary/aromatic N) is 2. The van der Waals surface area contributed by atoms with Crippen LogP contribution in [0.2, 0.25) is 0 Å². The Morgan fingerprint density at radius 2 is 1.87 bits per heavy atom. The Morgan fingerprint density at radius 3 is 2.48 bits per heavy atom. The zero-order valence-corrected chi connectivity index (χ0v) is 15.3. The zero-order valence-electron chi connectivity index (χ0n) is 12.9. The van der Waals surface area contributed by atoms with E-state index in [9.17, 15) is 0 Å². The lowest BCUT2D eigenvalue weighted by Crippen LogP contribution is -2.33. The van der Waals surface area contributed by atoms with Gasteiger partial charge in [0.05, 0.1) is 5.88 Å². The number of anilines is 1. The van der Waals surface area contributed by atoms with Gasteiger partial charge in [0, 0.05) is 23.8 Å². The quantitative estimate of drug-likeness (QED) is 0.677. The molecule has 23 heavy (non-hydrogen) atoms. The van der Waals surface area contributed by atoms with Crippen molar-refractivity contribution in [3.8, 4) is 5.75 Å². The van der Waals surface area contributed by atoms with E-state index >= 15 is 0 Å². The molecule has 1 aromatic carbocycles. The fourth-order valence-electron chi connectivity index (χ4n) is 2.99. The van der Waals surface area contributed by atoms with Crippen molar-refractivity contribution >= 4 is 33.3 Å². The van der Waals surface area contributed by atoms with Gasteiger partial charge in [0.15, 0.2) is 0 Å². The molecule has 0 bridgehead atoms. The van der Waals surface area contributed by atoms with E-state index in [1.165, 1.54) is 5.56 Å². The maximum Gasteiger partial charge on any atom is 0.128 e. The van der Waals surface area contributed by atoms with Crippen LogP contribution in [0.1, 0.15) is 24.3 Å². The Labute approximate surface area is 150 Å². The normalized spacial score (nSPS) is 15.7. The summed E-state index contributed by atoms with van der Waals surface area (Å²) in [6.45, 7) is 2.65. The Bertz CT molecular complexity index is 610. The highest BCUT2D eigenvalue weighted by atomic mass is 79.9. The lowest BCUT2D eigenvalue weighted by molar-refractivity contribution is 0.342. The van der Waals surface area contributed by atoms with Crippen molar-refractivity contribution in [2.75, 3.05) is 30.5 Å². The third-order valence-electron chi connectivity index (χ3n) is 4.23. The van der Waals surface area contributed by atoms with Crippen LogP contribution < -0.4 is 9.64 Å². The smallest absolute Gasteiger partial charge is 0.128 e. The highest BCUT2D eigenvalue weighted by Crippen LogP contribution is 2.31. The summed E-state index contributed by atoms with van der Waals surface area (Å²) in [5, 5.41) is 0. The highest BCUT2D eigenvalue weighted by molar-refractivity contribution is 9.10. The number of hydrogen-bond donors (Lipinski definition) is 0. The topological polar surface area (TPSA) is 25.4 Å². The van der Waals surface area contributed by atoms with Crippen molar-refractivity contribution in [1.29, 1.82) is 0 Å². The molecule has 2 heterocycles. The van der Waals surface area contributed by atoms with Gasteiger partial charge >= 0.3 is 0 Å². The van der Waals surface area contributed by atoms with Crippen molar-refractivity contribution in [3.05, 3.63) is 52.6 Å². The maximum atomic E-state index is 5.64. The third kappa shape index (κ3) is 4.39. The number of aromatic nitrogens is 1. The second-order valence-corrected chi connectivity index (χ2v) is 7.00. The molecule has 0 unspecified atom stereocenters. The van der Waals surface area contributed by atoms with Crippen LogP contribution >= 0.6 is 27.5 Å². The lowest BCUT2D eigenvalue weighted by atomic mass is 9.89. The first kappa shape index (κ1) is 16.6. The number of rotatable bonds is 5. The number of hydrogen-bond acceptors (Lipinski definition) is 3. The van der Waals surface area contributed by atoms with Gasteiger partial charge in [-0.05, 0) is 64.5 Å². The summed E-state index contributed by atoms with van der Waals surface area (Å²) in [4.78, 5) is 6.85. The van der Waals surface area contributed by atoms with Gasteiger partial charge < -0.3 is 9.64 Å². The van der Waals surface area contributed by atoms with Gasteiger partial charge in [-0.25, -0.2) is 4.98 Å². The average Bonchev–Trinajstić information content (AvgIpc) is 2.61. The lowest BCUT2D eigenvalue weighted by Gasteiger charge is -2.33. The highest BCUT2D eigenvalue weighted by Gasteiger charge is 2.21. The fraction of sp³-hybridized carbons (Fsp3) is 0.389. The second-order valence-electron chi connectivity index (χ2n) is 5.70. The van der Waals surface area contributed by atoms with Gasteiger partial charge in [0.2, 0.25) is 0 Å². The predicted octanol–water partition coefficient (Wildman–Crippen LogP) is 4.85. The molecule has 5 heteroatoms. The maximum absolute atomic E-state index is 5.64. The molecule has 2 aromatic rings. The van der Waals surface area contributed by atoms with E-state index in [1.54, 1.807) is 0 Å². The SMILES string of the molecule is ClCCOc1ccc(C2CCN(c3ccc(Br)cn3)CC2)cc1. The van der Waals surface area contributed by atoms with Gasteiger partial charge in [0.1, 0.15) is 18.2 Å². The van der Waals surface area contributed by atoms with Crippen LogP contribution in [-0.2, 0) is 0 Å². The van der Waals surface area contributed by atoms with E-state index in [4.69, 9.17) is 16.3 Å². The van der Waals surface area contributed by atoms with Crippen LogP contribution in [0.15, 0.2) is 47.1 Å². The van der Waals surface area contributed by atoms with Gasteiger partial charge in [0.25, 0.3) is 0 Å². The molecule has 0 atom stereocenters. The average molecular weight is 396 g/mol. The van der Waals surface area contributed by atoms with Gasteiger partial charge in [-0.1, -0.05) is 12.1 Å². The van der Waals surface area contributed by atoms with Crippen LogP contribution in [0.4, 0.5) is 5.82 Å². The van der Waals surface area contributed by atoms with Crippen molar-refractivity contribution in [2.24, 2.45) is 0 Å². The molecule has 1 saturated heterocycles. The van der Waals surface area contributed by atoms with Crippen molar-refractivity contribution in [1.82, 2.24) is 4.98 Å². The van der Waals surface area contributed by atoms with Crippen molar-refractivity contribution in [3.63, 3.8) is 0 Å². The minimum Gasteiger partial charge on any atom is -0.492 e. The number of halogens is 2. The fourth-order valence-corrected chi connectivity index (χ4v) is 3.30. The van der Waals surface area contributed by atoms with E-state index in [1.807, 2.05) is 24.4 Å². The standard InChI is InChI=1S/C18H20BrClN2O/c19-16-3-6-18(21-13-16)22-10-7-15(8-11-22)14-1-4-17(5-2-14)23-12-9-20/h1-6,13,15H,7-12H2. The Morgan fingerprint density at radius 1 is 1.13 bits per heavy atom. The van der Waals surface area contributed by atoms with Gasteiger partial charge in [-0.15, -0.1) is 11.6 Å². The first-order valence-corrected chi connectivity index (χ1v) is 9.24. The Balaban J connectivity index is 1.57. The minimum absolute atomic E-state index is 0.518. The molecule has 1 aliphatic heterocycles. The Hall–Kier alpha value is -1.26. The number of pyridine rings is 1. The summed E-state index contributed by atoms with van der Waals surface area (Å²) >= 11 is 9.07. The summed E-state index contributed by atoms with van der Waals surface area (Å²) in [6.07, 6.45) is 4.17. The van der Waals surface area contributed by atoms with Crippen LogP contribution in [-0.4, -0.2) is 30.6 Å². The summed E-state index contributed by atoms with van der Waals surface area (Å²) in [6, 6.07) is 12.6. The van der Waals surface area contributed by atoms with Gasteiger partial charge in [-0.3, -0.25) is 0 Å². The summed E-state index contributed by atoms with van der Waals surface area (Å²) < 4.78 is 6.55. The van der Waals surface area contributed by atoms with E-state index in [2.05, 4.69) is 44.0 Å². The third-order valence-corrected chi connectivity index (χ3v) is 4.85. The molecule has 1 aliphatic rings. The Kier molecular flexibility index (Phi) is 5.79. The molecule has 0 aliphatic carbocycles. The van der Waals surface area contributed by atoms with Crippen LogP contribution in [0.25, 0.3) is 0 Å². The molecular formula is C18H20BrClN2O. The number of alkyl halides is 1. The predicted molar refractivity (Wildman–Crippen MR) is 98.8 cm³/mol. The molecule has 1 fully saturated rings. The summed E-state index contributed by atoms with van der Waals surface area (Å²) in [7, 11) is 0. The molecule has 0 saturated carbocycles. The van der Waals surface area contributed by atoms with Crippen LogP contribution in [0.3, 0.4) is 0 Å². The largest absolute Gasteiger partial charge is 0.492 e. The molecule has 122 valence electrons. The first-order chi connectivity index (χ1) is 11.3. The van der Waals surface area contributed by atoms with Crippen LogP contribution in [0, 0.1) is 0 Å². The van der Waals surface area contributed by atoms with Gasteiger partial charge in [-0.2, -0.15) is 0 Å². The molecule has 0 spiro atoms. The first-order valence-electron chi connectivity index (χ1n) is 7.91. The molecular weight excluding hydrogens is 376 g/mol. The minimum atomic E-state index is 0.518.